The molecule has 0 bridgehead atoms. The van der Waals surface area contributed by atoms with Gasteiger partial charge in [-0.1, -0.05) is 23.2 Å². The number of urea groups is 1. The predicted molar refractivity (Wildman–Crippen MR) is 83.0 cm³/mol. The molecule has 0 saturated carbocycles. The fourth-order valence-electron chi connectivity index (χ4n) is 1.44. The van der Waals surface area contributed by atoms with Crippen LogP contribution in [0.2, 0.25) is 10.0 Å². The van der Waals surface area contributed by atoms with Crippen LogP contribution in [0.1, 0.15) is 6.42 Å². The van der Waals surface area contributed by atoms with E-state index < -0.39 is 18.0 Å². The van der Waals surface area contributed by atoms with Gasteiger partial charge in [-0.2, -0.15) is 11.8 Å². The summed E-state index contributed by atoms with van der Waals surface area (Å²) in [5.74, 6) is -0.432. The van der Waals surface area contributed by atoms with Crippen LogP contribution in [-0.2, 0) is 4.79 Å². The molecule has 3 N–H and O–H groups in total. The molecule has 0 saturated heterocycles. The van der Waals surface area contributed by atoms with E-state index in [0.717, 1.165) is 0 Å². The molecule has 0 heterocycles. The third-order valence-electron chi connectivity index (χ3n) is 2.33. The summed E-state index contributed by atoms with van der Waals surface area (Å²) < 4.78 is 0. The summed E-state index contributed by atoms with van der Waals surface area (Å²) in [4.78, 5) is 22.7. The van der Waals surface area contributed by atoms with Crippen LogP contribution in [0, 0.1) is 0 Å². The highest BCUT2D eigenvalue weighted by atomic mass is 35.5. The second-order valence-corrected chi connectivity index (χ2v) is 5.79. The largest absolute Gasteiger partial charge is 0.480 e. The Hall–Kier alpha value is -1.11. The van der Waals surface area contributed by atoms with Gasteiger partial charge in [0.2, 0.25) is 0 Å². The van der Waals surface area contributed by atoms with Gasteiger partial charge in [-0.05, 0) is 36.6 Å². The first kappa shape index (κ1) is 16.9. The van der Waals surface area contributed by atoms with Crippen molar-refractivity contribution in [2.24, 2.45) is 0 Å². The number of aliphatic carboxylic acids is 1. The molecule has 1 aromatic rings. The Labute approximate surface area is 131 Å². The number of carbonyl (C=O) groups is 2. The van der Waals surface area contributed by atoms with E-state index in [1.54, 1.807) is 0 Å². The highest BCUT2D eigenvalue weighted by Gasteiger charge is 2.19. The molecule has 1 unspecified atom stereocenters. The van der Waals surface area contributed by atoms with Crippen molar-refractivity contribution in [3.63, 3.8) is 0 Å². The molecule has 5 nitrogen and oxygen atoms in total. The van der Waals surface area contributed by atoms with E-state index in [9.17, 15) is 9.59 Å². The van der Waals surface area contributed by atoms with E-state index in [0.29, 0.717) is 27.9 Å². The minimum absolute atomic E-state index is 0.347. The zero-order valence-electron chi connectivity index (χ0n) is 10.7. The molecule has 1 aromatic carbocycles. The molecule has 0 aliphatic heterocycles. The average Bonchev–Trinajstić information content (AvgIpc) is 2.32. The molecule has 2 amide bonds. The molecule has 0 fully saturated rings. The van der Waals surface area contributed by atoms with Crippen molar-refractivity contribution < 1.29 is 14.7 Å². The van der Waals surface area contributed by atoms with Crippen molar-refractivity contribution in [3.8, 4) is 0 Å². The SMILES string of the molecule is CSCCC(NC(=O)Nc1cc(Cl)cc(Cl)c1)C(=O)O. The minimum Gasteiger partial charge on any atom is -0.480 e. The number of benzene rings is 1. The Kier molecular flexibility index (Phi) is 6.98. The van der Waals surface area contributed by atoms with Crippen molar-refractivity contribution in [1.29, 1.82) is 0 Å². The summed E-state index contributed by atoms with van der Waals surface area (Å²) >= 11 is 13.1. The molecule has 20 heavy (non-hydrogen) atoms. The predicted octanol–water partition coefficient (Wildman–Crippen LogP) is 3.32. The van der Waals surface area contributed by atoms with Gasteiger partial charge in [0.15, 0.2) is 0 Å². The maximum absolute atomic E-state index is 11.7. The zero-order valence-corrected chi connectivity index (χ0v) is 13.0. The third kappa shape index (κ3) is 5.90. The Morgan fingerprint density at radius 2 is 1.90 bits per heavy atom. The third-order valence-corrected chi connectivity index (χ3v) is 3.41. The maximum atomic E-state index is 11.7. The van der Waals surface area contributed by atoms with Crippen LogP contribution in [0.4, 0.5) is 10.5 Å². The maximum Gasteiger partial charge on any atom is 0.326 e. The molecule has 0 radical (unpaired) electrons. The van der Waals surface area contributed by atoms with Crippen molar-refractivity contribution in [3.05, 3.63) is 28.2 Å². The topological polar surface area (TPSA) is 78.4 Å². The average molecular weight is 337 g/mol. The molecule has 8 heteroatoms. The Morgan fingerprint density at radius 3 is 2.40 bits per heavy atom. The van der Waals surface area contributed by atoms with Crippen molar-refractivity contribution in [2.45, 2.75) is 12.5 Å². The van der Waals surface area contributed by atoms with Gasteiger partial charge < -0.3 is 15.7 Å². The second-order valence-electron chi connectivity index (χ2n) is 3.93. The van der Waals surface area contributed by atoms with Crippen LogP contribution in [-0.4, -0.2) is 35.2 Å². The number of thioether (sulfide) groups is 1. The van der Waals surface area contributed by atoms with Crippen LogP contribution in [0.15, 0.2) is 18.2 Å². The van der Waals surface area contributed by atoms with Gasteiger partial charge >= 0.3 is 12.0 Å². The molecule has 110 valence electrons. The highest BCUT2D eigenvalue weighted by Crippen LogP contribution is 2.22. The Morgan fingerprint density at radius 1 is 1.30 bits per heavy atom. The molecular weight excluding hydrogens is 323 g/mol. The first-order valence-corrected chi connectivity index (χ1v) is 7.82. The molecular formula is C12H14Cl2N2O3S. The summed E-state index contributed by atoms with van der Waals surface area (Å²) in [6, 6.07) is 3.02. The van der Waals surface area contributed by atoms with E-state index >= 15 is 0 Å². The van der Waals surface area contributed by atoms with E-state index in [1.165, 1.54) is 30.0 Å². The number of rotatable bonds is 6. The van der Waals surface area contributed by atoms with Crippen molar-refractivity contribution >= 4 is 52.7 Å². The number of carbonyl (C=O) groups excluding carboxylic acids is 1. The van der Waals surface area contributed by atoms with Gasteiger partial charge in [0, 0.05) is 15.7 Å². The Bertz CT molecular complexity index is 479. The summed E-state index contributed by atoms with van der Waals surface area (Å²) in [7, 11) is 0. The van der Waals surface area contributed by atoms with Crippen LogP contribution in [0.5, 0.6) is 0 Å². The molecule has 1 rings (SSSR count). The minimum atomic E-state index is -1.07. The quantitative estimate of drug-likeness (QED) is 0.744. The lowest BCUT2D eigenvalue weighted by Crippen LogP contribution is -2.43. The lowest BCUT2D eigenvalue weighted by molar-refractivity contribution is -0.139. The van der Waals surface area contributed by atoms with Crippen molar-refractivity contribution in [1.82, 2.24) is 5.32 Å². The number of carboxylic acid groups (broad SMARTS) is 1. The molecule has 1 atom stereocenters. The van der Waals surface area contributed by atoms with E-state index in [-0.39, 0.29) is 0 Å². The second kappa shape index (κ2) is 8.24. The molecule has 0 spiro atoms. The smallest absolute Gasteiger partial charge is 0.326 e. The van der Waals surface area contributed by atoms with Gasteiger partial charge in [0.05, 0.1) is 0 Å². The van der Waals surface area contributed by atoms with Crippen LogP contribution in [0.25, 0.3) is 0 Å². The number of nitrogens with one attached hydrogen (secondary N) is 2. The van der Waals surface area contributed by atoms with Crippen LogP contribution >= 0.6 is 35.0 Å². The van der Waals surface area contributed by atoms with Gasteiger partial charge in [-0.25, -0.2) is 9.59 Å². The van der Waals surface area contributed by atoms with E-state index in [1.807, 2.05) is 6.26 Å². The first-order valence-electron chi connectivity index (χ1n) is 5.67. The van der Waals surface area contributed by atoms with Crippen LogP contribution in [0.3, 0.4) is 0 Å². The van der Waals surface area contributed by atoms with Gasteiger partial charge in [-0.15, -0.1) is 0 Å². The van der Waals surface area contributed by atoms with E-state index in [2.05, 4.69) is 10.6 Å². The first-order chi connectivity index (χ1) is 9.42. The summed E-state index contributed by atoms with van der Waals surface area (Å²) in [6.45, 7) is 0. The summed E-state index contributed by atoms with van der Waals surface area (Å²) in [5, 5.41) is 14.7. The van der Waals surface area contributed by atoms with Gasteiger partial charge in [0.25, 0.3) is 0 Å². The standard InChI is InChI=1S/C12H14Cl2N2O3S/c1-20-3-2-10(11(17)18)16-12(19)15-9-5-7(13)4-8(14)6-9/h4-6,10H,2-3H2,1H3,(H,17,18)(H2,15,16,19). The number of hydrogen-bond donors (Lipinski definition) is 3. The summed E-state index contributed by atoms with van der Waals surface area (Å²) in [5.41, 5.74) is 0.397. The number of carboxylic acids is 1. The van der Waals surface area contributed by atoms with E-state index in [4.69, 9.17) is 28.3 Å². The monoisotopic (exact) mass is 336 g/mol. The molecule has 0 aliphatic rings. The highest BCUT2D eigenvalue weighted by molar-refractivity contribution is 7.98. The number of amides is 2. The van der Waals surface area contributed by atoms with Gasteiger partial charge in [-0.3, -0.25) is 0 Å². The lowest BCUT2D eigenvalue weighted by atomic mass is 10.2. The van der Waals surface area contributed by atoms with Crippen LogP contribution < -0.4 is 10.6 Å². The number of hydrogen-bond acceptors (Lipinski definition) is 3. The fraction of sp³-hybridized carbons (Fsp3) is 0.333. The molecule has 0 aliphatic carbocycles. The lowest BCUT2D eigenvalue weighted by Gasteiger charge is -2.14. The number of anilines is 1. The molecule has 0 aromatic heterocycles. The van der Waals surface area contributed by atoms with Crippen molar-refractivity contribution in [2.75, 3.05) is 17.3 Å². The fourth-order valence-corrected chi connectivity index (χ4v) is 2.44. The zero-order chi connectivity index (χ0) is 15.1. The number of halogens is 2. The Balaban J connectivity index is 2.63. The van der Waals surface area contributed by atoms with Gasteiger partial charge in [0.1, 0.15) is 6.04 Å². The normalized spacial score (nSPS) is 11.8. The summed E-state index contributed by atoms with van der Waals surface area (Å²) in [6.07, 6.45) is 2.22.